The number of anilines is 1. The van der Waals surface area contributed by atoms with E-state index in [1.807, 2.05) is 37.3 Å². The fourth-order valence-electron chi connectivity index (χ4n) is 2.44. The van der Waals surface area contributed by atoms with E-state index in [-0.39, 0.29) is 5.57 Å². The maximum atomic E-state index is 12.2. The van der Waals surface area contributed by atoms with Crippen molar-refractivity contribution in [1.29, 1.82) is 5.26 Å². The summed E-state index contributed by atoms with van der Waals surface area (Å²) in [5.41, 5.74) is 1.65. The third-order valence-corrected chi connectivity index (χ3v) is 3.77. The molecule has 0 spiro atoms. The molecule has 0 atom stereocenters. The Morgan fingerprint density at radius 2 is 1.93 bits per heavy atom. The van der Waals surface area contributed by atoms with E-state index in [4.69, 9.17) is 9.47 Å². The molecular formula is C21H23N3O3. The van der Waals surface area contributed by atoms with Gasteiger partial charge in [-0.25, -0.2) is 0 Å². The number of para-hydroxylation sites is 1. The highest BCUT2D eigenvalue weighted by atomic mass is 16.5. The fraction of sp³-hybridized carbons (Fsp3) is 0.238. The van der Waals surface area contributed by atoms with Gasteiger partial charge in [-0.2, -0.15) is 5.26 Å². The van der Waals surface area contributed by atoms with E-state index in [2.05, 4.69) is 10.6 Å². The molecule has 140 valence electrons. The van der Waals surface area contributed by atoms with Crippen LogP contribution >= 0.6 is 0 Å². The summed E-state index contributed by atoms with van der Waals surface area (Å²) < 4.78 is 10.7. The number of nitriles is 1. The smallest absolute Gasteiger partial charge is 0.267 e. The minimum Gasteiger partial charge on any atom is -0.496 e. The largest absolute Gasteiger partial charge is 0.496 e. The van der Waals surface area contributed by atoms with Gasteiger partial charge in [0, 0.05) is 18.4 Å². The zero-order valence-electron chi connectivity index (χ0n) is 15.5. The van der Waals surface area contributed by atoms with Crippen LogP contribution in [0.2, 0.25) is 0 Å². The van der Waals surface area contributed by atoms with Crippen LogP contribution in [0.25, 0.3) is 0 Å². The molecule has 0 fully saturated rings. The summed E-state index contributed by atoms with van der Waals surface area (Å²) in [6, 6.07) is 16.6. The summed E-state index contributed by atoms with van der Waals surface area (Å²) in [7, 11) is 1.63. The van der Waals surface area contributed by atoms with E-state index >= 15 is 0 Å². The van der Waals surface area contributed by atoms with Crippen molar-refractivity contribution in [3.05, 3.63) is 65.9 Å². The molecule has 0 aliphatic carbocycles. The highest BCUT2D eigenvalue weighted by molar-refractivity contribution is 6.06. The van der Waals surface area contributed by atoms with Crippen LogP contribution in [-0.2, 0) is 11.2 Å². The molecule has 0 aliphatic heterocycles. The molecule has 0 unspecified atom stereocenters. The van der Waals surface area contributed by atoms with Crippen LogP contribution in [0.3, 0.4) is 0 Å². The van der Waals surface area contributed by atoms with Gasteiger partial charge in [-0.15, -0.1) is 0 Å². The highest BCUT2D eigenvalue weighted by Crippen LogP contribution is 2.17. The third-order valence-electron chi connectivity index (χ3n) is 3.77. The Morgan fingerprint density at radius 1 is 1.19 bits per heavy atom. The first-order chi connectivity index (χ1) is 13.2. The number of nitrogens with zero attached hydrogens (tertiary/aromatic N) is 1. The Morgan fingerprint density at radius 3 is 2.59 bits per heavy atom. The highest BCUT2D eigenvalue weighted by Gasteiger charge is 2.09. The molecule has 6 nitrogen and oxygen atoms in total. The van der Waals surface area contributed by atoms with E-state index in [1.165, 1.54) is 6.20 Å². The van der Waals surface area contributed by atoms with Gasteiger partial charge in [0.2, 0.25) is 0 Å². The van der Waals surface area contributed by atoms with Crippen LogP contribution in [0.4, 0.5) is 5.69 Å². The number of carbonyl (C=O) groups excluding carboxylic acids is 1. The number of benzene rings is 2. The Kier molecular flexibility index (Phi) is 7.73. The molecule has 0 saturated carbocycles. The lowest BCUT2D eigenvalue weighted by molar-refractivity contribution is -0.112. The van der Waals surface area contributed by atoms with Gasteiger partial charge in [0.1, 0.15) is 23.1 Å². The monoisotopic (exact) mass is 365 g/mol. The van der Waals surface area contributed by atoms with Crippen LogP contribution in [0.5, 0.6) is 11.5 Å². The molecule has 0 aliphatic rings. The number of rotatable bonds is 9. The summed E-state index contributed by atoms with van der Waals surface area (Å²) in [4.78, 5) is 12.2. The molecule has 0 aromatic heterocycles. The summed E-state index contributed by atoms with van der Waals surface area (Å²) in [5.74, 6) is 1.08. The van der Waals surface area contributed by atoms with Crippen molar-refractivity contribution in [3.8, 4) is 17.6 Å². The second-order valence-corrected chi connectivity index (χ2v) is 5.60. The minimum absolute atomic E-state index is 0.00362. The summed E-state index contributed by atoms with van der Waals surface area (Å²) in [6.45, 7) is 3.05. The number of hydrogen-bond acceptors (Lipinski definition) is 5. The van der Waals surface area contributed by atoms with Crippen molar-refractivity contribution in [2.45, 2.75) is 13.3 Å². The number of methoxy groups -OCH3 is 1. The van der Waals surface area contributed by atoms with E-state index in [0.717, 1.165) is 17.1 Å². The maximum absolute atomic E-state index is 12.2. The molecule has 6 heteroatoms. The van der Waals surface area contributed by atoms with Crippen molar-refractivity contribution in [2.24, 2.45) is 0 Å². The molecular weight excluding hydrogens is 342 g/mol. The summed E-state index contributed by atoms with van der Waals surface area (Å²) in [5, 5.41) is 14.9. The molecule has 27 heavy (non-hydrogen) atoms. The first-order valence-electron chi connectivity index (χ1n) is 8.67. The van der Waals surface area contributed by atoms with Gasteiger partial charge in [0.05, 0.1) is 13.7 Å². The fourth-order valence-corrected chi connectivity index (χ4v) is 2.44. The van der Waals surface area contributed by atoms with Gasteiger partial charge in [-0.3, -0.25) is 4.79 Å². The number of amides is 1. The Labute approximate surface area is 159 Å². The van der Waals surface area contributed by atoms with Crippen molar-refractivity contribution in [3.63, 3.8) is 0 Å². The Bertz CT molecular complexity index is 823. The first-order valence-corrected chi connectivity index (χ1v) is 8.67. The van der Waals surface area contributed by atoms with Crippen molar-refractivity contribution in [2.75, 3.05) is 25.6 Å². The molecule has 0 radical (unpaired) electrons. The van der Waals surface area contributed by atoms with Crippen LogP contribution in [-0.4, -0.2) is 26.2 Å². The standard InChI is InChI=1S/C21H23N3O3/c1-3-27-19-10-8-18(9-11-19)24-21(25)17(14-22)15-23-13-12-16-6-4-5-7-20(16)26-2/h4-11,15,23H,3,12-13H2,1-2H3,(H,24,25)/b17-15-. The lowest BCUT2D eigenvalue weighted by atomic mass is 10.1. The van der Waals surface area contributed by atoms with Gasteiger partial charge >= 0.3 is 0 Å². The molecule has 2 rings (SSSR count). The van der Waals surface area contributed by atoms with E-state index in [9.17, 15) is 10.1 Å². The van der Waals surface area contributed by atoms with E-state index in [1.54, 1.807) is 31.4 Å². The third kappa shape index (κ3) is 6.08. The number of ether oxygens (including phenoxy) is 2. The minimum atomic E-state index is -0.466. The average Bonchev–Trinajstić information content (AvgIpc) is 2.70. The second kappa shape index (κ2) is 10.5. The first kappa shape index (κ1) is 19.9. The normalized spacial score (nSPS) is 10.6. The molecule has 2 aromatic rings. The number of hydrogen-bond donors (Lipinski definition) is 2. The Balaban J connectivity index is 1.89. The zero-order chi connectivity index (χ0) is 19.5. The van der Waals surface area contributed by atoms with Crippen LogP contribution < -0.4 is 20.1 Å². The van der Waals surface area contributed by atoms with Gasteiger partial charge in [-0.1, -0.05) is 18.2 Å². The molecule has 2 N–H and O–H groups in total. The summed E-state index contributed by atoms with van der Waals surface area (Å²) >= 11 is 0. The molecule has 0 saturated heterocycles. The molecule has 2 aromatic carbocycles. The van der Waals surface area contributed by atoms with Crippen molar-refractivity contribution < 1.29 is 14.3 Å². The molecule has 1 amide bonds. The van der Waals surface area contributed by atoms with Crippen LogP contribution in [0.1, 0.15) is 12.5 Å². The van der Waals surface area contributed by atoms with Gasteiger partial charge in [0.15, 0.2) is 0 Å². The van der Waals surface area contributed by atoms with Crippen molar-refractivity contribution in [1.82, 2.24) is 5.32 Å². The summed E-state index contributed by atoms with van der Waals surface area (Å²) in [6.07, 6.45) is 2.14. The molecule has 0 heterocycles. The van der Waals surface area contributed by atoms with Gasteiger partial charge in [0.25, 0.3) is 5.91 Å². The second-order valence-electron chi connectivity index (χ2n) is 5.60. The van der Waals surface area contributed by atoms with E-state index < -0.39 is 5.91 Å². The lowest BCUT2D eigenvalue weighted by Crippen LogP contribution is -2.18. The number of nitrogens with one attached hydrogen (secondary N) is 2. The SMILES string of the molecule is CCOc1ccc(NC(=O)/C(C#N)=C\NCCc2ccccc2OC)cc1. The number of carbonyl (C=O) groups is 1. The van der Waals surface area contributed by atoms with Crippen LogP contribution in [0.15, 0.2) is 60.3 Å². The molecule has 0 bridgehead atoms. The Hall–Kier alpha value is -3.46. The topological polar surface area (TPSA) is 83.4 Å². The van der Waals surface area contributed by atoms with Gasteiger partial charge < -0.3 is 20.1 Å². The van der Waals surface area contributed by atoms with Crippen molar-refractivity contribution >= 4 is 11.6 Å². The quantitative estimate of drug-likeness (QED) is 0.405. The predicted octanol–water partition coefficient (Wildman–Crippen LogP) is 3.27. The van der Waals surface area contributed by atoms with E-state index in [0.29, 0.717) is 25.3 Å². The predicted molar refractivity (Wildman–Crippen MR) is 105 cm³/mol. The zero-order valence-corrected chi connectivity index (χ0v) is 15.5. The average molecular weight is 365 g/mol. The van der Waals surface area contributed by atoms with Crippen LogP contribution in [0, 0.1) is 11.3 Å². The maximum Gasteiger partial charge on any atom is 0.267 e. The van der Waals surface area contributed by atoms with Gasteiger partial charge in [-0.05, 0) is 49.2 Å². The lowest BCUT2D eigenvalue weighted by Gasteiger charge is -2.08.